The Labute approximate surface area is 155 Å². The van der Waals surface area contributed by atoms with Gasteiger partial charge in [0.2, 0.25) is 10.0 Å². The predicted octanol–water partition coefficient (Wildman–Crippen LogP) is 3.74. The molecule has 2 rings (SSSR count). The van der Waals surface area contributed by atoms with E-state index in [0.29, 0.717) is 5.56 Å². The van der Waals surface area contributed by atoms with Gasteiger partial charge in [0.25, 0.3) is 0 Å². The number of nitrogens with zero attached hydrogens (tertiary/aromatic N) is 1. The van der Waals surface area contributed by atoms with Gasteiger partial charge in [-0.3, -0.25) is 0 Å². The molecule has 0 spiro atoms. The van der Waals surface area contributed by atoms with Gasteiger partial charge < -0.3 is 4.74 Å². The first-order valence-corrected chi connectivity index (χ1v) is 9.15. The Kier molecular flexibility index (Phi) is 6.05. The highest BCUT2D eigenvalue weighted by Gasteiger charge is 2.23. The van der Waals surface area contributed by atoms with Crippen molar-refractivity contribution in [2.45, 2.75) is 11.5 Å². The lowest BCUT2D eigenvalue weighted by Gasteiger charge is -2.13. The monoisotopic (exact) mass is 405 g/mol. The average molecular weight is 406 g/mol. The van der Waals surface area contributed by atoms with Gasteiger partial charge in [-0.1, -0.05) is 29.3 Å². The van der Waals surface area contributed by atoms with Crippen LogP contribution in [0.3, 0.4) is 0 Å². The van der Waals surface area contributed by atoms with Gasteiger partial charge in [-0.25, -0.2) is 21.9 Å². The lowest BCUT2D eigenvalue weighted by Crippen LogP contribution is -2.23. The molecule has 2 aromatic rings. The molecule has 0 fully saturated rings. The van der Waals surface area contributed by atoms with Gasteiger partial charge in [0, 0.05) is 19.7 Å². The summed E-state index contributed by atoms with van der Waals surface area (Å²) in [6.45, 7) is -0.184. The van der Waals surface area contributed by atoms with Crippen LogP contribution in [0.1, 0.15) is 15.9 Å². The van der Waals surface area contributed by atoms with Gasteiger partial charge in [0.15, 0.2) is 0 Å². The number of carbonyl (C=O) groups excluding carboxylic acids is 1. The van der Waals surface area contributed by atoms with Gasteiger partial charge in [0.1, 0.15) is 17.3 Å². The minimum Gasteiger partial charge on any atom is -0.457 e. The first kappa shape index (κ1) is 19.7. The van der Waals surface area contributed by atoms with Crippen LogP contribution in [0.5, 0.6) is 0 Å². The molecule has 9 heteroatoms. The first-order chi connectivity index (χ1) is 11.6. The molecule has 0 aliphatic heterocycles. The number of hydrogen-bond acceptors (Lipinski definition) is 4. The summed E-state index contributed by atoms with van der Waals surface area (Å²) in [4.78, 5) is 12.0. The smallest absolute Gasteiger partial charge is 0.338 e. The van der Waals surface area contributed by atoms with Crippen molar-refractivity contribution >= 4 is 39.2 Å². The van der Waals surface area contributed by atoms with Crippen LogP contribution in [0, 0.1) is 5.82 Å². The second kappa shape index (κ2) is 7.70. The van der Waals surface area contributed by atoms with Gasteiger partial charge in [0.05, 0.1) is 15.6 Å². The van der Waals surface area contributed by atoms with Crippen LogP contribution in [0.15, 0.2) is 41.3 Å². The van der Waals surface area contributed by atoms with Crippen LogP contribution in [0.2, 0.25) is 10.0 Å². The largest absolute Gasteiger partial charge is 0.457 e. The fourth-order valence-electron chi connectivity index (χ4n) is 1.89. The Morgan fingerprint density at radius 1 is 1.12 bits per heavy atom. The SMILES string of the molecule is CN(C)S(=O)(=O)c1cc(C(=O)OCc2ccc(F)cc2Cl)ccc1Cl. The molecular weight excluding hydrogens is 392 g/mol. The Hall–Kier alpha value is -1.67. The maximum atomic E-state index is 13.0. The summed E-state index contributed by atoms with van der Waals surface area (Å²) in [7, 11) is -1.10. The zero-order valence-electron chi connectivity index (χ0n) is 13.3. The van der Waals surface area contributed by atoms with Crippen molar-refractivity contribution in [2.75, 3.05) is 14.1 Å². The van der Waals surface area contributed by atoms with Gasteiger partial charge in [-0.2, -0.15) is 0 Å². The zero-order chi connectivity index (χ0) is 18.8. The molecule has 0 heterocycles. The van der Waals surface area contributed by atoms with Crippen molar-refractivity contribution in [2.24, 2.45) is 0 Å². The minimum atomic E-state index is -3.81. The summed E-state index contributed by atoms with van der Waals surface area (Å²) >= 11 is 11.8. The number of carbonyl (C=O) groups is 1. The maximum Gasteiger partial charge on any atom is 0.338 e. The molecule has 134 valence electrons. The summed E-state index contributed by atoms with van der Waals surface area (Å²) < 4.78 is 43.5. The van der Waals surface area contributed by atoms with Gasteiger partial charge in [-0.05, 0) is 30.3 Å². The quantitative estimate of drug-likeness (QED) is 0.710. The highest BCUT2D eigenvalue weighted by atomic mass is 35.5. The van der Waals surface area contributed by atoms with E-state index in [-0.39, 0.29) is 27.1 Å². The third kappa shape index (κ3) is 4.49. The number of esters is 1. The molecule has 0 unspecified atom stereocenters. The average Bonchev–Trinajstić information content (AvgIpc) is 2.53. The molecule has 0 aliphatic rings. The summed E-state index contributed by atoms with van der Waals surface area (Å²) in [5, 5.41) is 0.117. The summed E-state index contributed by atoms with van der Waals surface area (Å²) in [6, 6.07) is 7.50. The summed E-state index contributed by atoms with van der Waals surface area (Å²) in [5.74, 6) is -1.26. The molecule has 0 amide bonds. The summed E-state index contributed by atoms with van der Waals surface area (Å²) in [5.41, 5.74) is 0.439. The van der Waals surface area contributed by atoms with Crippen molar-refractivity contribution in [3.63, 3.8) is 0 Å². The molecule has 0 aromatic heterocycles. The number of sulfonamides is 1. The van der Waals surface area contributed by atoms with Crippen molar-refractivity contribution in [3.8, 4) is 0 Å². The standard InChI is InChI=1S/C16H14Cl2FNO4S/c1-20(2)25(22,23)15-7-10(4-6-13(15)17)16(21)24-9-11-3-5-12(19)8-14(11)18/h3-8H,9H2,1-2H3. The second-order valence-corrected chi connectivity index (χ2v) is 8.18. The van der Waals surface area contributed by atoms with Crippen LogP contribution in [0.4, 0.5) is 4.39 Å². The lowest BCUT2D eigenvalue weighted by molar-refractivity contribution is 0.0472. The van der Waals surface area contributed by atoms with E-state index in [4.69, 9.17) is 27.9 Å². The topological polar surface area (TPSA) is 63.7 Å². The van der Waals surface area contributed by atoms with E-state index in [9.17, 15) is 17.6 Å². The van der Waals surface area contributed by atoms with Crippen LogP contribution < -0.4 is 0 Å². The molecule has 0 saturated heterocycles. The number of benzene rings is 2. The number of rotatable bonds is 5. The van der Waals surface area contributed by atoms with E-state index < -0.39 is 21.8 Å². The van der Waals surface area contributed by atoms with E-state index in [2.05, 4.69) is 0 Å². The Morgan fingerprint density at radius 2 is 1.80 bits per heavy atom. The number of ether oxygens (including phenoxy) is 1. The highest BCUT2D eigenvalue weighted by molar-refractivity contribution is 7.89. The predicted molar refractivity (Wildman–Crippen MR) is 92.9 cm³/mol. The molecule has 5 nitrogen and oxygen atoms in total. The van der Waals surface area contributed by atoms with Crippen LogP contribution in [0.25, 0.3) is 0 Å². The normalized spacial score (nSPS) is 11.6. The molecule has 0 aliphatic carbocycles. The Bertz CT molecular complexity index is 916. The van der Waals surface area contributed by atoms with Crippen LogP contribution in [-0.4, -0.2) is 32.8 Å². The van der Waals surface area contributed by atoms with Crippen LogP contribution >= 0.6 is 23.2 Å². The fraction of sp³-hybridized carbons (Fsp3) is 0.188. The van der Waals surface area contributed by atoms with Gasteiger partial charge >= 0.3 is 5.97 Å². The van der Waals surface area contributed by atoms with Crippen molar-refractivity contribution < 1.29 is 22.3 Å². The van der Waals surface area contributed by atoms with E-state index in [1.54, 1.807) is 0 Å². The van der Waals surface area contributed by atoms with Crippen LogP contribution in [-0.2, 0) is 21.4 Å². The van der Waals surface area contributed by atoms with Crippen molar-refractivity contribution in [3.05, 3.63) is 63.4 Å². The van der Waals surface area contributed by atoms with E-state index >= 15 is 0 Å². The number of halogens is 3. The first-order valence-electron chi connectivity index (χ1n) is 6.96. The maximum absolute atomic E-state index is 13.0. The highest BCUT2D eigenvalue weighted by Crippen LogP contribution is 2.25. The molecular formula is C16H14Cl2FNO4S. The third-order valence-corrected chi connectivity index (χ3v) is 5.95. The van der Waals surface area contributed by atoms with Crippen molar-refractivity contribution in [1.82, 2.24) is 4.31 Å². The van der Waals surface area contributed by atoms with Crippen molar-refractivity contribution in [1.29, 1.82) is 0 Å². The third-order valence-electron chi connectivity index (χ3n) is 3.30. The summed E-state index contributed by atoms with van der Waals surface area (Å²) in [6.07, 6.45) is 0. The van der Waals surface area contributed by atoms with Gasteiger partial charge in [-0.15, -0.1) is 0 Å². The Morgan fingerprint density at radius 3 is 2.40 bits per heavy atom. The lowest BCUT2D eigenvalue weighted by atomic mass is 10.2. The van der Waals surface area contributed by atoms with E-state index in [1.807, 2.05) is 0 Å². The fourth-order valence-corrected chi connectivity index (χ4v) is 3.51. The van der Waals surface area contributed by atoms with E-state index in [0.717, 1.165) is 16.4 Å². The molecule has 0 N–H and O–H groups in total. The molecule has 25 heavy (non-hydrogen) atoms. The van der Waals surface area contributed by atoms with E-state index in [1.165, 1.54) is 38.4 Å². The molecule has 0 saturated carbocycles. The molecule has 0 bridgehead atoms. The Balaban J connectivity index is 2.23. The molecule has 0 radical (unpaired) electrons. The second-order valence-electron chi connectivity index (χ2n) is 5.24. The molecule has 2 aromatic carbocycles. The number of hydrogen-bond donors (Lipinski definition) is 0. The molecule has 0 atom stereocenters. The zero-order valence-corrected chi connectivity index (χ0v) is 15.6. The minimum absolute atomic E-state index is 0.00757.